The van der Waals surface area contributed by atoms with E-state index in [0.717, 1.165) is 49.3 Å². The molecule has 1 saturated heterocycles. The Kier molecular flexibility index (Phi) is 4.72. The van der Waals surface area contributed by atoms with Crippen molar-refractivity contribution in [3.63, 3.8) is 0 Å². The van der Waals surface area contributed by atoms with Crippen LogP contribution in [0.4, 0.5) is 0 Å². The van der Waals surface area contributed by atoms with Gasteiger partial charge in [0.05, 0.1) is 0 Å². The standard InChI is InChI=1S/C18H23ClN2O/c1-2-3-4-18(22)21-9-7-13(8-10-21)16-12-20-17-6-5-14(19)11-15(16)17/h5-6,11-13,20H,2-4,7-10H2,1H3. The van der Waals surface area contributed by atoms with Crippen LogP contribution >= 0.6 is 11.6 Å². The number of amides is 1. The number of carbonyl (C=O) groups is 1. The van der Waals surface area contributed by atoms with E-state index in [9.17, 15) is 4.79 Å². The molecule has 118 valence electrons. The molecule has 3 rings (SSSR count). The molecule has 3 nitrogen and oxygen atoms in total. The van der Waals surface area contributed by atoms with Gasteiger partial charge in [-0.25, -0.2) is 0 Å². The Morgan fingerprint density at radius 2 is 2.14 bits per heavy atom. The molecule has 22 heavy (non-hydrogen) atoms. The van der Waals surface area contributed by atoms with Crippen molar-refractivity contribution < 1.29 is 4.79 Å². The van der Waals surface area contributed by atoms with Crippen molar-refractivity contribution in [3.8, 4) is 0 Å². The molecule has 1 fully saturated rings. The fourth-order valence-corrected chi connectivity index (χ4v) is 3.55. The first-order chi connectivity index (χ1) is 10.7. The Morgan fingerprint density at radius 3 is 2.86 bits per heavy atom. The fraction of sp³-hybridized carbons (Fsp3) is 0.500. The van der Waals surface area contributed by atoms with Crippen LogP contribution in [0.2, 0.25) is 5.02 Å². The van der Waals surface area contributed by atoms with Crippen LogP contribution in [0.1, 0.15) is 50.5 Å². The molecule has 1 aliphatic rings. The monoisotopic (exact) mass is 318 g/mol. The molecule has 0 spiro atoms. The second kappa shape index (κ2) is 6.74. The number of aromatic nitrogens is 1. The predicted molar refractivity (Wildman–Crippen MR) is 91.4 cm³/mol. The number of rotatable bonds is 4. The number of fused-ring (bicyclic) bond motifs is 1. The molecule has 4 heteroatoms. The number of nitrogens with one attached hydrogen (secondary N) is 1. The lowest BCUT2D eigenvalue weighted by Crippen LogP contribution is -2.37. The zero-order valence-corrected chi connectivity index (χ0v) is 13.8. The highest BCUT2D eigenvalue weighted by atomic mass is 35.5. The summed E-state index contributed by atoms with van der Waals surface area (Å²) in [5.74, 6) is 0.838. The van der Waals surface area contributed by atoms with Gasteiger partial charge in [0.2, 0.25) is 5.91 Å². The SMILES string of the molecule is CCCCC(=O)N1CCC(c2c[nH]c3ccc(Cl)cc23)CC1. The van der Waals surface area contributed by atoms with Crippen molar-refractivity contribution in [2.75, 3.05) is 13.1 Å². The smallest absolute Gasteiger partial charge is 0.222 e. The van der Waals surface area contributed by atoms with E-state index in [0.29, 0.717) is 18.2 Å². The number of aromatic amines is 1. The van der Waals surface area contributed by atoms with Crippen LogP contribution in [-0.2, 0) is 4.79 Å². The third-order valence-corrected chi connectivity index (χ3v) is 4.94. The number of H-pyrrole nitrogens is 1. The zero-order chi connectivity index (χ0) is 15.5. The first kappa shape index (κ1) is 15.4. The van der Waals surface area contributed by atoms with E-state index in [4.69, 9.17) is 11.6 Å². The van der Waals surface area contributed by atoms with Crippen molar-refractivity contribution in [2.45, 2.75) is 44.9 Å². The maximum absolute atomic E-state index is 12.1. The first-order valence-corrected chi connectivity index (χ1v) is 8.61. The van der Waals surface area contributed by atoms with Crippen LogP contribution in [0.15, 0.2) is 24.4 Å². The normalized spacial score (nSPS) is 16.4. The van der Waals surface area contributed by atoms with Gasteiger partial charge in [-0.3, -0.25) is 4.79 Å². The molecule has 0 saturated carbocycles. The molecular weight excluding hydrogens is 296 g/mol. The molecule has 1 aromatic carbocycles. The van der Waals surface area contributed by atoms with Crippen LogP contribution < -0.4 is 0 Å². The third kappa shape index (κ3) is 3.14. The van der Waals surface area contributed by atoms with Crippen molar-refractivity contribution in [1.29, 1.82) is 0 Å². The third-order valence-electron chi connectivity index (χ3n) is 4.71. The van der Waals surface area contributed by atoms with Crippen LogP contribution in [0.25, 0.3) is 10.9 Å². The number of carbonyl (C=O) groups excluding carboxylic acids is 1. The molecule has 1 N–H and O–H groups in total. The number of benzene rings is 1. The predicted octanol–water partition coefficient (Wildman–Crippen LogP) is 4.72. The van der Waals surface area contributed by atoms with Crippen LogP contribution in [0, 0.1) is 0 Å². The first-order valence-electron chi connectivity index (χ1n) is 8.23. The Labute approximate surface area is 136 Å². The summed E-state index contributed by atoms with van der Waals surface area (Å²) in [6, 6.07) is 5.99. The molecule has 0 radical (unpaired) electrons. The lowest BCUT2D eigenvalue weighted by atomic mass is 9.89. The molecule has 1 aromatic heterocycles. The fourth-order valence-electron chi connectivity index (χ4n) is 3.38. The zero-order valence-electron chi connectivity index (χ0n) is 13.1. The van der Waals surface area contributed by atoms with E-state index in [1.807, 2.05) is 23.1 Å². The average molecular weight is 319 g/mol. The second-order valence-electron chi connectivity index (χ2n) is 6.19. The van der Waals surface area contributed by atoms with Gasteiger partial charge in [0.15, 0.2) is 0 Å². The number of hydrogen-bond donors (Lipinski definition) is 1. The summed E-state index contributed by atoms with van der Waals surface area (Å²) in [6.07, 6.45) is 6.97. The number of likely N-dealkylation sites (tertiary alicyclic amines) is 1. The molecule has 0 aliphatic carbocycles. The van der Waals surface area contributed by atoms with Gasteiger partial charge in [0, 0.05) is 41.6 Å². The maximum atomic E-state index is 12.1. The summed E-state index contributed by atoms with van der Waals surface area (Å²) >= 11 is 6.13. The van der Waals surface area contributed by atoms with E-state index >= 15 is 0 Å². The van der Waals surface area contributed by atoms with Gasteiger partial charge in [-0.15, -0.1) is 0 Å². The van der Waals surface area contributed by atoms with Crippen LogP contribution in [0.3, 0.4) is 0 Å². The van der Waals surface area contributed by atoms with E-state index in [2.05, 4.69) is 18.1 Å². The lowest BCUT2D eigenvalue weighted by Gasteiger charge is -2.32. The van der Waals surface area contributed by atoms with Gasteiger partial charge in [-0.1, -0.05) is 24.9 Å². The van der Waals surface area contributed by atoms with Gasteiger partial charge in [-0.05, 0) is 48.9 Å². The minimum absolute atomic E-state index is 0.322. The van der Waals surface area contributed by atoms with Gasteiger partial charge in [0.1, 0.15) is 0 Å². The van der Waals surface area contributed by atoms with Crippen molar-refractivity contribution in [2.24, 2.45) is 0 Å². The van der Waals surface area contributed by atoms with E-state index in [1.165, 1.54) is 10.9 Å². The summed E-state index contributed by atoms with van der Waals surface area (Å²) in [4.78, 5) is 17.5. The summed E-state index contributed by atoms with van der Waals surface area (Å²) in [7, 11) is 0. The molecule has 1 amide bonds. The van der Waals surface area contributed by atoms with E-state index < -0.39 is 0 Å². The topological polar surface area (TPSA) is 36.1 Å². The Balaban J connectivity index is 1.68. The van der Waals surface area contributed by atoms with Gasteiger partial charge < -0.3 is 9.88 Å². The van der Waals surface area contributed by atoms with Crippen molar-refractivity contribution >= 4 is 28.4 Å². The minimum atomic E-state index is 0.322. The lowest BCUT2D eigenvalue weighted by molar-refractivity contribution is -0.132. The summed E-state index contributed by atoms with van der Waals surface area (Å²) < 4.78 is 0. The van der Waals surface area contributed by atoms with Crippen molar-refractivity contribution in [3.05, 3.63) is 35.0 Å². The van der Waals surface area contributed by atoms with Gasteiger partial charge in [0.25, 0.3) is 0 Å². The molecule has 2 aromatic rings. The Hall–Kier alpha value is -1.48. The summed E-state index contributed by atoms with van der Waals surface area (Å²) in [5, 5.41) is 2.00. The number of halogens is 1. The van der Waals surface area contributed by atoms with Crippen LogP contribution in [0.5, 0.6) is 0 Å². The van der Waals surface area contributed by atoms with Gasteiger partial charge in [-0.2, -0.15) is 0 Å². The maximum Gasteiger partial charge on any atom is 0.222 e. The molecular formula is C18H23ClN2O. The molecule has 2 heterocycles. The average Bonchev–Trinajstić information content (AvgIpc) is 2.95. The highest BCUT2D eigenvalue weighted by molar-refractivity contribution is 6.31. The Bertz CT molecular complexity index is 656. The highest BCUT2D eigenvalue weighted by Gasteiger charge is 2.25. The number of piperidine rings is 1. The molecule has 0 unspecified atom stereocenters. The molecule has 0 atom stereocenters. The highest BCUT2D eigenvalue weighted by Crippen LogP contribution is 2.34. The van der Waals surface area contributed by atoms with E-state index in [-0.39, 0.29) is 0 Å². The number of hydrogen-bond acceptors (Lipinski definition) is 1. The number of unbranched alkanes of at least 4 members (excludes halogenated alkanes) is 1. The van der Waals surface area contributed by atoms with E-state index in [1.54, 1.807) is 0 Å². The second-order valence-corrected chi connectivity index (χ2v) is 6.63. The largest absolute Gasteiger partial charge is 0.361 e. The molecule has 1 aliphatic heterocycles. The Morgan fingerprint density at radius 1 is 1.36 bits per heavy atom. The summed E-state index contributed by atoms with van der Waals surface area (Å²) in [5.41, 5.74) is 2.49. The summed E-state index contributed by atoms with van der Waals surface area (Å²) in [6.45, 7) is 3.88. The quantitative estimate of drug-likeness (QED) is 0.870. The number of nitrogens with zero attached hydrogens (tertiary/aromatic N) is 1. The molecule has 0 bridgehead atoms. The van der Waals surface area contributed by atoms with Crippen molar-refractivity contribution in [1.82, 2.24) is 9.88 Å². The minimum Gasteiger partial charge on any atom is -0.361 e. The van der Waals surface area contributed by atoms with Crippen LogP contribution in [-0.4, -0.2) is 28.9 Å². The van der Waals surface area contributed by atoms with Gasteiger partial charge >= 0.3 is 0 Å².